The van der Waals surface area contributed by atoms with Crippen LogP contribution >= 0.6 is 23.5 Å². The van der Waals surface area contributed by atoms with Crippen molar-refractivity contribution in [3.8, 4) is 0 Å². The average Bonchev–Trinajstić information content (AvgIpc) is 2.72. The van der Waals surface area contributed by atoms with Gasteiger partial charge in [-0.1, -0.05) is 23.9 Å². The minimum absolute atomic E-state index is 0.0713. The van der Waals surface area contributed by atoms with Crippen LogP contribution in [0.1, 0.15) is 46.2 Å². The number of nitrogens with zero attached hydrogens (tertiary/aromatic N) is 2. The molecule has 0 saturated heterocycles. The van der Waals surface area contributed by atoms with Crippen molar-refractivity contribution in [2.45, 2.75) is 51.7 Å². The number of hydrogen-bond acceptors (Lipinski definition) is 7. The van der Waals surface area contributed by atoms with Gasteiger partial charge in [0.05, 0.1) is 17.4 Å². The molecule has 1 aromatic rings. The van der Waals surface area contributed by atoms with E-state index in [-0.39, 0.29) is 18.0 Å². The predicted molar refractivity (Wildman–Crippen MR) is 126 cm³/mol. The smallest absolute Gasteiger partial charge is 0.338 e. The van der Waals surface area contributed by atoms with Crippen LogP contribution in [0, 0.1) is 0 Å². The van der Waals surface area contributed by atoms with Crippen LogP contribution in [0.3, 0.4) is 0 Å². The summed E-state index contributed by atoms with van der Waals surface area (Å²) in [6.45, 7) is 10.8. The van der Waals surface area contributed by atoms with Crippen LogP contribution in [0.25, 0.3) is 0 Å². The van der Waals surface area contributed by atoms with Gasteiger partial charge in [-0.15, -0.1) is 11.8 Å². The van der Waals surface area contributed by atoms with Crippen molar-refractivity contribution in [1.82, 2.24) is 10.2 Å². The lowest BCUT2D eigenvalue weighted by Crippen LogP contribution is -2.34. The molecular weight excluding hydrogens is 418 g/mol. The summed E-state index contributed by atoms with van der Waals surface area (Å²) in [7, 11) is 0. The van der Waals surface area contributed by atoms with Gasteiger partial charge in [0.2, 0.25) is 5.91 Å². The van der Waals surface area contributed by atoms with Gasteiger partial charge >= 0.3 is 5.97 Å². The summed E-state index contributed by atoms with van der Waals surface area (Å²) in [5.41, 5.74) is 2.12. The van der Waals surface area contributed by atoms with Gasteiger partial charge in [0.25, 0.3) is 0 Å². The molecule has 1 aliphatic heterocycles. The number of thioether (sulfide) groups is 2. The Kier molecular flexibility index (Phi) is 9.30. The van der Waals surface area contributed by atoms with E-state index >= 15 is 0 Å². The number of amidine groups is 1. The first-order valence-electron chi connectivity index (χ1n) is 10.1. The molecule has 8 heteroatoms. The van der Waals surface area contributed by atoms with Crippen LogP contribution in [0.4, 0.5) is 0 Å². The summed E-state index contributed by atoms with van der Waals surface area (Å²) in [5.74, 6) is -0.00647. The maximum Gasteiger partial charge on any atom is 0.338 e. The Balaban J connectivity index is 2.30. The van der Waals surface area contributed by atoms with Gasteiger partial charge in [-0.25, -0.2) is 9.79 Å². The Morgan fingerprint density at radius 3 is 2.37 bits per heavy atom. The third-order valence-electron chi connectivity index (χ3n) is 4.66. The highest BCUT2D eigenvalue weighted by Gasteiger charge is 2.31. The average molecular weight is 450 g/mol. The standard InChI is InChI=1S/C22H31N3O3S2/c1-7-25(8-2)18(26)13-30-22-23-15(5)19(21(27)28-14(3)4)20(24-22)16-9-11-17(29-6)12-10-16/h9-12,14,20H,7-8,13H2,1-6H3,(H,23,24)/t20-/m0/s1. The molecule has 6 nitrogen and oxygen atoms in total. The first-order chi connectivity index (χ1) is 14.3. The van der Waals surface area contributed by atoms with Gasteiger partial charge in [0, 0.05) is 23.7 Å². The summed E-state index contributed by atoms with van der Waals surface area (Å²) < 4.78 is 5.47. The second-order valence-corrected chi connectivity index (χ2v) is 8.93. The molecule has 30 heavy (non-hydrogen) atoms. The number of hydrogen-bond donors (Lipinski definition) is 1. The van der Waals surface area contributed by atoms with Crippen LogP contribution in [0.15, 0.2) is 45.4 Å². The first-order valence-corrected chi connectivity index (χ1v) is 12.3. The molecule has 1 N–H and O–H groups in total. The van der Waals surface area contributed by atoms with E-state index in [9.17, 15) is 9.59 Å². The number of rotatable bonds is 8. The summed E-state index contributed by atoms with van der Waals surface area (Å²) >= 11 is 3.02. The molecule has 0 fully saturated rings. The van der Waals surface area contributed by atoms with E-state index in [2.05, 4.69) is 5.32 Å². The van der Waals surface area contributed by atoms with E-state index < -0.39 is 6.04 Å². The van der Waals surface area contributed by atoms with Crippen LogP contribution in [0.5, 0.6) is 0 Å². The van der Waals surface area contributed by atoms with Gasteiger partial charge in [0.15, 0.2) is 5.17 Å². The molecule has 1 amide bonds. The van der Waals surface area contributed by atoms with Crippen LogP contribution in [0.2, 0.25) is 0 Å². The molecule has 1 atom stereocenters. The molecular formula is C22H31N3O3S2. The number of aliphatic imine (C=N–C) groups is 1. The van der Waals surface area contributed by atoms with Crippen molar-refractivity contribution in [2.24, 2.45) is 4.99 Å². The molecule has 1 aliphatic rings. The normalized spacial score (nSPS) is 16.2. The molecule has 0 bridgehead atoms. The summed E-state index contributed by atoms with van der Waals surface area (Å²) in [5, 5.41) is 3.82. The maximum atomic E-state index is 12.8. The highest BCUT2D eigenvalue weighted by Crippen LogP contribution is 2.34. The van der Waals surface area contributed by atoms with E-state index in [0.29, 0.717) is 35.3 Å². The first kappa shape index (κ1) is 24.3. The Morgan fingerprint density at radius 1 is 1.20 bits per heavy atom. The number of carbonyl (C=O) groups is 2. The number of amides is 1. The van der Waals surface area contributed by atoms with Crippen molar-refractivity contribution in [3.05, 3.63) is 41.1 Å². The lowest BCUT2D eigenvalue weighted by Gasteiger charge is -2.27. The minimum Gasteiger partial charge on any atom is -0.459 e. The number of ether oxygens (including phenoxy) is 1. The Morgan fingerprint density at radius 2 is 1.83 bits per heavy atom. The second kappa shape index (κ2) is 11.5. The van der Waals surface area contributed by atoms with Gasteiger partial charge in [-0.05, 0) is 58.6 Å². The lowest BCUT2D eigenvalue weighted by atomic mass is 9.96. The Hall–Kier alpha value is -1.93. The minimum atomic E-state index is -0.473. The van der Waals surface area contributed by atoms with Gasteiger partial charge < -0.3 is 15.0 Å². The maximum absolute atomic E-state index is 12.8. The Labute approximate surface area is 187 Å². The van der Waals surface area contributed by atoms with Gasteiger partial charge in [-0.3, -0.25) is 4.79 Å². The Bertz CT molecular complexity index is 815. The van der Waals surface area contributed by atoms with Gasteiger partial charge in [0.1, 0.15) is 6.04 Å². The zero-order chi connectivity index (χ0) is 22.3. The second-order valence-electron chi connectivity index (χ2n) is 7.08. The van der Waals surface area contributed by atoms with Gasteiger partial charge in [-0.2, -0.15) is 0 Å². The fourth-order valence-electron chi connectivity index (χ4n) is 3.09. The molecule has 2 rings (SSSR count). The largest absolute Gasteiger partial charge is 0.459 e. The van der Waals surface area contributed by atoms with Crippen molar-refractivity contribution in [2.75, 3.05) is 25.1 Å². The zero-order valence-electron chi connectivity index (χ0n) is 18.5. The third-order valence-corrected chi connectivity index (χ3v) is 6.28. The van der Waals surface area contributed by atoms with E-state index in [1.54, 1.807) is 16.7 Å². The molecule has 0 aliphatic carbocycles. The van der Waals surface area contributed by atoms with Crippen molar-refractivity contribution in [1.29, 1.82) is 0 Å². The lowest BCUT2D eigenvalue weighted by molar-refractivity contribution is -0.143. The molecule has 0 saturated carbocycles. The topological polar surface area (TPSA) is 71.0 Å². The van der Waals surface area contributed by atoms with E-state index in [1.807, 2.05) is 65.1 Å². The molecule has 0 unspecified atom stereocenters. The fraction of sp³-hybridized carbons (Fsp3) is 0.500. The SMILES string of the molecule is CCN(CC)C(=O)CSC1=N[C@@H](c2ccc(SC)cc2)C(C(=O)OC(C)C)=C(C)N1. The van der Waals surface area contributed by atoms with E-state index in [0.717, 1.165) is 10.5 Å². The number of allylic oxidation sites excluding steroid dienone is 1. The molecule has 0 radical (unpaired) electrons. The third kappa shape index (κ3) is 6.28. The summed E-state index contributed by atoms with van der Waals surface area (Å²) in [4.78, 5) is 32.9. The van der Waals surface area contributed by atoms with Crippen molar-refractivity contribution < 1.29 is 14.3 Å². The summed E-state index contributed by atoms with van der Waals surface area (Å²) in [6.07, 6.45) is 1.80. The molecule has 0 aromatic heterocycles. The van der Waals surface area contributed by atoms with Crippen molar-refractivity contribution in [3.63, 3.8) is 0 Å². The van der Waals surface area contributed by atoms with Crippen LogP contribution in [-0.4, -0.2) is 53.1 Å². The zero-order valence-corrected chi connectivity index (χ0v) is 20.2. The van der Waals surface area contributed by atoms with E-state index in [1.165, 1.54) is 11.8 Å². The molecule has 1 heterocycles. The summed E-state index contributed by atoms with van der Waals surface area (Å²) in [6, 6.07) is 7.55. The monoisotopic (exact) mass is 449 g/mol. The van der Waals surface area contributed by atoms with Crippen LogP contribution in [-0.2, 0) is 14.3 Å². The van der Waals surface area contributed by atoms with Crippen LogP contribution < -0.4 is 5.32 Å². The predicted octanol–water partition coefficient (Wildman–Crippen LogP) is 4.24. The highest BCUT2D eigenvalue weighted by atomic mass is 32.2. The molecule has 1 aromatic carbocycles. The number of nitrogens with one attached hydrogen (secondary N) is 1. The number of esters is 1. The quantitative estimate of drug-likeness (QED) is 0.473. The van der Waals surface area contributed by atoms with Crippen molar-refractivity contribution >= 4 is 40.6 Å². The number of carbonyl (C=O) groups excluding carboxylic acids is 2. The fourth-order valence-corrected chi connectivity index (χ4v) is 4.34. The molecule has 0 spiro atoms. The molecule has 164 valence electrons. The van der Waals surface area contributed by atoms with E-state index in [4.69, 9.17) is 9.73 Å². The highest BCUT2D eigenvalue weighted by molar-refractivity contribution is 8.14. The number of benzene rings is 1.